The fraction of sp³-hybridized carbons (Fsp3) is 0.417. The monoisotopic (exact) mass is 243 g/mol. The first-order chi connectivity index (χ1) is 7.27. The van der Waals surface area contributed by atoms with Crippen LogP contribution < -0.4 is 5.73 Å². The highest BCUT2D eigenvalue weighted by molar-refractivity contribution is 5.85. The molecule has 0 saturated heterocycles. The average molecular weight is 244 g/mol. The van der Waals surface area contributed by atoms with Crippen LogP contribution in [0.5, 0.6) is 0 Å². The van der Waals surface area contributed by atoms with Gasteiger partial charge in [0.2, 0.25) is 0 Å². The standard InChI is InChI=1S/C12H17NO2.ClH/c1-15-12(14)11(9-13)8-7-10-5-3-2-4-6-10;/h2-6,11H,7-9,13H2,1H3;1H/t11-;/m1./s1. The van der Waals surface area contributed by atoms with Gasteiger partial charge in [0.05, 0.1) is 13.0 Å². The molecule has 4 heteroatoms. The van der Waals surface area contributed by atoms with Gasteiger partial charge in [-0.05, 0) is 18.4 Å². The van der Waals surface area contributed by atoms with E-state index in [1.807, 2.05) is 30.3 Å². The van der Waals surface area contributed by atoms with E-state index in [0.717, 1.165) is 12.8 Å². The van der Waals surface area contributed by atoms with E-state index in [2.05, 4.69) is 4.74 Å². The summed E-state index contributed by atoms with van der Waals surface area (Å²) in [7, 11) is 1.40. The largest absolute Gasteiger partial charge is 0.469 e. The zero-order valence-corrected chi connectivity index (χ0v) is 10.2. The second-order valence-electron chi connectivity index (χ2n) is 3.48. The third-order valence-corrected chi connectivity index (χ3v) is 2.44. The highest BCUT2D eigenvalue weighted by atomic mass is 35.5. The lowest BCUT2D eigenvalue weighted by Crippen LogP contribution is -2.25. The summed E-state index contributed by atoms with van der Waals surface area (Å²) in [4.78, 5) is 11.3. The molecule has 0 bridgehead atoms. The number of benzene rings is 1. The maximum absolute atomic E-state index is 11.3. The first kappa shape index (κ1) is 14.9. The lowest BCUT2D eigenvalue weighted by Gasteiger charge is -2.11. The van der Waals surface area contributed by atoms with Crippen molar-refractivity contribution in [1.82, 2.24) is 0 Å². The maximum atomic E-state index is 11.3. The lowest BCUT2D eigenvalue weighted by atomic mass is 10.00. The Morgan fingerprint density at radius 2 is 2.00 bits per heavy atom. The molecule has 0 aliphatic rings. The van der Waals surface area contributed by atoms with Crippen LogP contribution in [0.15, 0.2) is 30.3 Å². The predicted molar refractivity (Wildman–Crippen MR) is 66.6 cm³/mol. The van der Waals surface area contributed by atoms with Crippen LogP contribution in [-0.2, 0) is 16.0 Å². The number of hydrogen-bond acceptors (Lipinski definition) is 3. The molecule has 0 spiro atoms. The Morgan fingerprint density at radius 1 is 1.38 bits per heavy atom. The molecule has 0 heterocycles. The van der Waals surface area contributed by atoms with Crippen molar-refractivity contribution >= 4 is 18.4 Å². The number of nitrogens with two attached hydrogens (primary N) is 1. The fourth-order valence-corrected chi connectivity index (χ4v) is 1.48. The van der Waals surface area contributed by atoms with Gasteiger partial charge in [-0.25, -0.2) is 0 Å². The Hall–Kier alpha value is -1.06. The van der Waals surface area contributed by atoms with Gasteiger partial charge in [-0.1, -0.05) is 30.3 Å². The summed E-state index contributed by atoms with van der Waals surface area (Å²) in [5.74, 6) is -0.399. The van der Waals surface area contributed by atoms with E-state index in [4.69, 9.17) is 5.73 Å². The van der Waals surface area contributed by atoms with Crippen molar-refractivity contribution in [2.45, 2.75) is 12.8 Å². The molecule has 0 unspecified atom stereocenters. The zero-order valence-electron chi connectivity index (χ0n) is 9.39. The number of esters is 1. The van der Waals surface area contributed by atoms with Gasteiger partial charge >= 0.3 is 5.97 Å². The number of carbonyl (C=O) groups excluding carboxylic acids is 1. The zero-order chi connectivity index (χ0) is 11.1. The second kappa shape index (κ2) is 8.13. The highest BCUT2D eigenvalue weighted by Gasteiger charge is 2.16. The molecule has 0 saturated carbocycles. The smallest absolute Gasteiger partial charge is 0.309 e. The van der Waals surface area contributed by atoms with E-state index < -0.39 is 0 Å². The Bertz CT molecular complexity index is 303. The SMILES string of the molecule is COC(=O)[C@@H](CN)CCc1ccccc1.Cl. The summed E-state index contributed by atoms with van der Waals surface area (Å²) in [5, 5.41) is 0. The van der Waals surface area contributed by atoms with Gasteiger partial charge in [-0.3, -0.25) is 4.79 Å². The molecular formula is C12H18ClNO2. The van der Waals surface area contributed by atoms with Crippen molar-refractivity contribution in [2.24, 2.45) is 11.7 Å². The van der Waals surface area contributed by atoms with Gasteiger partial charge in [0.15, 0.2) is 0 Å². The van der Waals surface area contributed by atoms with Crippen LogP contribution in [0.4, 0.5) is 0 Å². The molecule has 0 aliphatic heterocycles. The predicted octanol–water partition coefficient (Wildman–Crippen LogP) is 1.79. The number of hydrogen-bond donors (Lipinski definition) is 1. The third-order valence-electron chi connectivity index (χ3n) is 2.44. The molecular weight excluding hydrogens is 226 g/mol. The van der Waals surface area contributed by atoms with E-state index in [-0.39, 0.29) is 24.3 Å². The van der Waals surface area contributed by atoms with Gasteiger partial charge in [-0.2, -0.15) is 0 Å². The van der Waals surface area contributed by atoms with Crippen LogP contribution in [0, 0.1) is 5.92 Å². The molecule has 0 aliphatic carbocycles. The van der Waals surface area contributed by atoms with Gasteiger partial charge in [0, 0.05) is 6.54 Å². The van der Waals surface area contributed by atoms with Gasteiger partial charge in [-0.15, -0.1) is 12.4 Å². The van der Waals surface area contributed by atoms with Crippen molar-refractivity contribution in [2.75, 3.05) is 13.7 Å². The summed E-state index contributed by atoms with van der Waals surface area (Å²) >= 11 is 0. The number of methoxy groups -OCH3 is 1. The Labute approximate surface area is 102 Å². The number of ether oxygens (including phenoxy) is 1. The lowest BCUT2D eigenvalue weighted by molar-refractivity contribution is -0.145. The van der Waals surface area contributed by atoms with Gasteiger partial charge in [0.25, 0.3) is 0 Å². The van der Waals surface area contributed by atoms with E-state index >= 15 is 0 Å². The molecule has 2 N–H and O–H groups in total. The summed E-state index contributed by atoms with van der Waals surface area (Å²) in [6, 6.07) is 10.1. The summed E-state index contributed by atoms with van der Waals surface area (Å²) in [6.45, 7) is 0.347. The van der Waals surface area contributed by atoms with Crippen molar-refractivity contribution in [3.05, 3.63) is 35.9 Å². The van der Waals surface area contributed by atoms with Crippen LogP contribution >= 0.6 is 12.4 Å². The topological polar surface area (TPSA) is 52.3 Å². The Morgan fingerprint density at radius 3 is 2.50 bits per heavy atom. The summed E-state index contributed by atoms with van der Waals surface area (Å²) in [6.07, 6.45) is 1.60. The Balaban J connectivity index is 0.00000225. The molecule has 1 rings (SSSR count). The molecule has 16 heavy (non-hydrogen) atoms. The molecule has 1 aromatic carbocycles. The van der Waals surface area contributed by atoms with Crippen molar-refractivity contribution in [3.8, 4) is 0 Å². The van der Waals surface area contributed by atoms with Gasteiger partial charge < -0.3 is 10.5 Å². The van der Waals surface area contributed by atoms with Crippen LogP contribution in [0.1, 0.15) is 12.0 Å². The van der Waals surface area contributed by atoms with E-state index in [1.165, 1.54) is 12.7 Å². The first-order valence-corrected chi connectivity index (χ1v) is 5.09. The molecule has 3 nitrogen and oxygen atoms in total. The number of halogens is 1. The van der Waals surface area contributed by atoms with E-state index in [0.29, 0.717) is 6.54 Å². The molecule has 0 amide bonds. The molecule has 0 fully saturated rings. The number of carbonyl (C=O) groups is 1. The van der Waals surface area contributed by atoms with Crippen molar-refractivity contribution < 1.29 is 9.53 Å². The molecule has 1 atom stereocenters. The summed E-state index contributed by atoms with van der Waals surface area (Å²) in [5.41, 5.74) is 6.73. The molecule has 90 valence electrons. The van der Waals surface area contributed by atoms with Crippen LogP contribution in [0.2, 0.25) is 0 Å². The maximum Gasteiger partial charge on any atom is 0.309 e. The van der Waals surface area contributed by atoms with Crippen molar-refractivity contribution in [1.29, 1.82) is 0 Å². The highest BCUT2D eigenvalue weighted by Crippen LogP contribution is 2.10. The number of rotatable bonds is 5. The first-order valence-electron chi connectivity index (χ1n) is 5.09. The molecule has 0 aromatic heterocycles. The van der Waals surface area contributed by atoms with E-state index in [1.54, 1.807) is 0 Å². The fourth-order valence-electron chi connectivity index (χ4n) is 1.48. The molecule has 0 radical (unpaired) electrons. The van der Waals surface area contributed by atoms with Crippen LogP contribution in [0.25, 0.3) is 0 Å². The minimum atomic E-state index is -0.214. The molecule has 1 aromatic rings. The quantitative estimate of drug-likeness (QED) is 0.803. The van der Waals surface area contributed by atoms with E-state index in [9.17, 15) is 4.79 Å². The minimum Gasteiger partial charge on any atom is -0.469 e. The van der Waals surface area contributed by atoms with Crippen LogP contribution in [-0.4, -0.2) is 19.6 Å². The Kier molecular flexibility index (Phi) is 7.60. The average Bonchev–Trinajstić information content (AvgIpc) is 2.31. The normalized spacial score (nSPS) is 11.4. The number of aryl methyl sites for hydroxylation is 1. The van der Waals surface area contributed by atoms with Crippen LogP contribution in [0.3, 0.4) is 0 Å². The minimum absolute atomic E-state index is 0. The third kappa shape index (κ3) is 4.64. The summed E-state index contributed by atoms with van der Waals surface area (Å²) < 4.78 is 4.67. The van der Waals surface area contributed by atoms with Gasteiger partial charge in [0.1, 0.15) is 0 Å². The van der Waals surface area contributed by atoms with Crippen molar-refractivity contribution in [3.63, 3.8) is 0 Å². The second-order valence-corrected chi connectivity index (χ2v) is 3.48.